The van der Waals surface area contributed by atoms with Gasteiger partial charge < -0.3 is 10.1 Å². The summed E-state index contributed by atoms with van der Waals surface area (Å²) in [4.78, 5) is 23.4. The Balaban J connectivity index is 1.43. The van der Waals surface area contributed by atoms with Crippen molar-refractivity contribution in [3.63, 3.8) is 0 Å². The van der Waals surface area contributed by atoms with Crippen LogP contribution < -0.4 is 10.1 Å². The molecule has 0 bridgehead atoms. The summed E-state index contributed by atoms with van der Waals surface area (Å²) >= 11 is 0. The molecule has 0 fully saturated rings. The zero-order valence-electron chi connectivity index (χ0n) is 17.7. The molecule has 2 heterocycles. The van der Waals surface area contributed by atoms with Crippen molar-refractivity contribution in [2.24, 2.45) is 0 Å². The Labute approximate surface area is 187 Å². The molecule has 3 rings (SSSR count). The molecule has 12 heteroatoms. The standard InChI is InChI=1S/C21H21F3N6O3/c1-14(31)18-13-30(29-27-18)10-3-2-6-16-8-9-19(28-26-16)25-20(32)12-15-5-4-7-17(11-15)33-21(22,23)24/h4-5,7-9,11,13H,2-3,6,10,12H2,1H3,(H,25,28,32). The second-order valence-electron chi connectivity index (χ2n) is 7.21. The monoisotopic (exact) mass is 462 g/mol. The fourth-order valence-corrected chi connectivity index (χ4v) is 2.93. The fraction of sp³-hybridized carbons (Fsp3) is 0.333. The molecule has 0 spiro atoms. The van der Waals surface area contributed by atoms with E-state index in [1.807, 2.05) is 0 Å². The number of hydrogen-bond acceptors (Lipinski definition) is 7. The zero-order chi connectivity index (χ0) is 23.8. The van der Waals surface area contributed by atoms with Gasteiger partial charge in [0.25, 0.3) is 0 Å². The maximum atomic E-state index is 12.3. The predicted molar refractivity (Wildman–Crippen MR) is 110 cm³/mol. The first-order chi connectivity index (χ1) is 15.7. The second-order valence-corrected chi connectivity index (χ2v) is 7.21. The number of hydrogen-bond donors (Lipinski definition) is 1. The van der Waals surface area contributed by atoms with E-state index in [2.05, 4.69) is 30.6 Å². The van der Waals surface area contributed by atoms with Gasteiger partial charge in [-0.3, -0.25) is 14.3 Å². The van der Waals surface area contributed by atoms with Crippen molar-refractivity contribution in [2.45, 2.75) is 45.5 Å². The van der Waals surface area contributed by atoms with Crippen LogP contribution in [0.15, 0.2) is 42.6 Å². The van der Waals surface area contributed by atoms with Gasteiger partial charge in [-0.05, 0) is 49.1 Å². The predicted octanol–water partition coefficient (Wildman–Crippen LogP) is 3.37. The number of carbonyl (C=O) groups is 2. The van der Waals surface area contributed by atoms with Gasteiger partial charge in [0.2, 0.25) is 5.91 Å². The summed E-state index contributed by atoms with van der Waals surface area (Å²) in [5.74, 6) is -0.724. The first-order valence-corrected chi connectivity index (χ1v) is 10.1. The van der Waals surface area contributed by atoms with E-state index < -0.39 is 12.3 Å². The van der Waals surface area contributed by atoms with Gasteiger partial charge in [0, 0.05) is 13.5 Å². The van der Waals surface area contributed by atoms with Crippen molar-refractivity contribution in [1.29, 1.82) is 0 Å². The van der Waals surface area contributed by atoms with E-state index in [0.29, 0.717) is 24.2 Å². The van der Waals surface area contributed by atoms with Crippen molar-refractivity contribution in [2.75, 3.05) is 5.32 Å². The normalized spacial score (nSPS) is 11.3. The van der Waals surface area contributed by atoms with Gasteiger partial charge in [0.15, 0.2) is 11.6 Å². The SMILES string of the molecule is CC(=O)c1cn(CCCCc2ccc(NC(=O)Cc3cccc(OC(F)(F)F)c3)nn2)nn1. The summed E-state index contributed by atoms with van der Waals surface area (Å²) in [5, 5.41) is 18.3. The second kappa shape index (κ2) is 10.7. The summed E-state index contributed by atoms with van der Waals surface area (Å²) in [5.41, 5.74) is 1.44. The molecule has 0 aliphatic heterocycles. The number of aromatic nitrogens is 5. The minimum atomic E-state index is -4.80. The summed E-state index contributed by atoms with van der Waals surface area (Å²) in [7, 11) is 0. The maximum Gasteiger partial charge on any atom is 0.573 e. The molecule has 0 aliphatic rings. The number of carbonyl (C=O) groups excluding carboxylic acids is 2. The fourth-order valence-electron chi connectivity index (χ4n) is 2.93. The van der Waals surface area contributed by atoms with Crippen LogP contribution in [0, 0.1) is 0 Å². The van der Waals surface area contributed by atoms with Gasteiger partial charge in [0.05, 0.1) is 18.3 Å². The quantitative estimate of drug-likeness (QED) is 0.363. The highest BCUT2D eigenvalue weighted by molar-refractivity contribution is 5.91. The van der Waals surface area contributed by atoms with Gasteiger partial charge in [0.1, 0.15) is 11.4 Å². The lowest BCUT2D eigenvalue weighted by Crippen LogP contribution is -2.18. The highest BCUT2D eigenvalue weighted by Crippen LogP contribution is 2.23. The summed E-state index contributed by atoms with van der Waals surface area (Å²) in [6.07, 6.45) is -1.05. The number of amides is 1. The first-order valence-electron chi connectivity index (χ1n) is 10.1. The van der Waals surface area contributed by atoms with Gasteiger partial charge >= 0.3 is 6.36 Å². The van der Waals surface area contributed by atoms with Gasteiger partial charge in [-0.25, -0.2) is 0 Å². The average Bonchev–Trinajstić information content (AvgIpc) is 3.21. The Bertz CT molecular complexity index is 1100. The molecule has 2 aromatic heterocycles. The number of alkyl halides is 3. The molecule has 0 unspecified atom stereocenters. The molecule has 1 aromatic carbocycles. The van der Waals surface area contributed by atoms with Crippen LogP contribution in [-0.4, -0.2) is 43.2 Å². The molecule has 0 aliphatic carbocycles. The summed E-state index contributed by atoms with van der Waals surface area (Å²) in [6.45, 7) is 2.06. The Hall–Kier alpha value is -3.83. The van der Waals surface area contributed by atoms with Gasteiger partial charge in [-0.1, -0.05) is 17.3 Å². The Morgan fingerprint density at radius 3 is 2.58 bits per heavy atom. The number of nitrogens with one attached hydrogen (secondary N) is 1. The largest absolute Gasteiger partial charge is 0.573 e. The molecule has 1 N–H and O–H groups in total. The van der Waals surface area contributed by atoms with Crippen LogP contribution in [-0.2, 0) is 24.2 Å². The lowest BCUT2D eigenvalue weighted by atomic mass is 10.1. The van der Waals surface area contributed by atoms with Crippen molar-refractivity contribution < 1.29 is 27.5 Å². The third kappa shape index (κ3) is 7.98. The van der Waals surface area contributed by atoms with E-state index >= 15 is 0 Å². The first kappa shape index (κ1) is 23.8. The van der Waals surface area contributed by atoms with Crippen LogP contribution in [0.4, 0.5) is 19.0 Å². The number of benzene rings is 1. The van der Waals surface area contributed by atoms with Crippen molar-refractivity contribution >= 4 is 17.5 Å². The molecule has 1 amide bonds. The van der Waals surface area contributed by atoms with Crippen LogP contribution >= 0.6 is 0 Å². The van der Waals surface area contributed by atoms with Gasteiger partial charge in [-0.15, -0.1) is 23.4 Å². The van der Waals surface area contributed by atoms with E-state index in [1.165, 1.54) is 19.1 Å². The number of unbranched alkanes of at least 4 members (excludes halogenated alkanes) is 1. The molecule has 174 valence electrons. The van der Waals surface area contributed by atoms with Crippen molar-refractivity contribution in [1.82, 2.24) is 25.2 Å². The Kier molecular flexibility index (Phi) is 7.70. The molecule has 33 heavy (non-hydrogen) atoms. The van der Waals surface area contributed by atoms with E-state index in [1.54, 1.807) is 23.0 Å². The minimum Gasteiger partial charge on any atom is -0.406 e. The topological polar surface area (TPSA) is 112 Å². The van der Waals surface area contributed by atoms with E-state index in [9.17, 15) is 22.8 Å². The molecular formula is C21H21F3N6O3. The van der Waals surface area contributed by atoms with Crippen LogP contribution in [0.2, 0.25) is 0 Å². The van der Waals surface area contributed by atoms with Gasteiger partial charge in [-0.2, -0.15) is 5.10 Å². The lowest BCUT2D eigenvalue weighted by Gasteiger charge is -2.10. The number of halogens is 3. The molecule has 0 radical (unpaired) electrons. The average molecular weight is 462 g/mol. The number of aryl methyl sites for hydroxylation is 2. The van der Waals surface area contributed by atoms with E-state index in [-0.39, 0.29) is 23.8 Å². The smallest absolute Gasteiger partial charge is 0.406 e. The number of ketones is 1. The lowest BCUT2D eigenvalue weighted by molar-refractivity contribution is -0.274. The highest BCUT2D eigenvalue weighted by atomic mass is 19.4. The molecule has 0 saturated heterocycles. The Morgan fingerprint density at radius 2 is 1.91 bits per heavy atom. The van der Waals surface area contributed by atoms with Crippen LogP contribution in [0.1, 0.15) is 41.5 Å². The Morgan fingerprint density at radius 1 is 1.09 bits per heavy atom. The van der Waals surface area contributed by atoms with Crippen LogP contribution in [0.3, 0.4) is 0 Å². The third-order valence-electron chi connectivity index (χ3n) is 4.45. The van der Waals surface area contributed by atoms with Crippen molar-refractivity contribution in [3.05, 3.63) is 59.5 Å². The molecule has 0 atom stereocenters. The molecule has 3 aromatic rings. The third-order valence-corrected chi connectivity index (χ3v) is 4.45. The minimum absolute atomic E-state index is 0.132. The maximum absolute atomic E-state index is 12.3. The molecule has 0 saturated carbocycles. The molecular weight excluding hydrogens is 441 g/mol. The molecule has 9 nitrogen and oxygen atoms in total. The number of Topliss-reactive ketones (excluding diaryl/α,β-unsaturated/α-hetero) is 1. The van der Waals surface area contributed by atoms with Crippen molar-refractivity contribution in [3.8, 4) is 5.75 Å². The number of rotatable bonds is 10. The number of ether oxygens (including phenoxy) is 1. The summed E-state index contributed by atoms with van der Waals surface area (Å²) < 4.78 is 42.4. The number of anilines is 1. The van der Waals surface area contributed by atoms with E-state index in [0.717, 1.165) is 30.7 Å². The summed E-state index contributed by atoms with van der Waals surface area (Å²) in [6, 6.07) is 8.57. The van der Waals surface area contributed by atoms with E-state index in [4.69, 9.17) is 0 Å². The number of nitrogens with zero attached hydrogens (tertiary/aromatic N) is 5. The zero-order valence-corrected chi connectivity index (χ0v) is 17.7. The van der Waals surface area contributed by atoms with Crippen LogP contribution in [0.5, 0.6) is 5.75 Å². The van der Waals surface area contributed by atoms with Crippen LogP contribution in [0.25, 0.3) is 0 Å². The highest BCUT2D eigenvalue weighted by Gasteiger charge is 2.31.